The van der Waals surface area contributed by atoms with Crippen molar-refractivity contribution in [1.82, 2.24) is 0 Å². The third-order valence-electron chi connectivity index (χ3n) is 2.03. The fourth-order valence-electron chi connectivity index (χ4n) is 1.36. The van der Waals surface area contributed by atoms with Crippen molar-refractivity contribution >= 4 is 26.7 Å². The van der Waals surface area contributed by atoms with Crippen molar-refractivity contribution in [3.63, 3.8) is 0 Å². The quantitative estimate of drug-likeness (QED) is 0.650. The van der Waals surface area contributed by atoms with Crippen LogP contribution in [-0.2, 0) is 0 Å². The lowest BCUT2D eigenvalue weighted by atomic mass is 10.1. The Morgan fingerprint density at radius 1 is 1.08 bits per heavy atom. The molecule has 0 unspecified atom stereocenters. The monoisotopic (exact) mass is 238 g/mol. The molecule has 0 atom stereocenters. The largest absolute Gasteiger partial charge is 0.206 e. The molecule has 0 aromatic heterocycles. The van der Waals surface area contributed by atoms with Gasteiger partial charge in [0, 0.05) is 0 Å². The number of benzene rings is 2. The van der Waals surface area contributed by atoms with Gasteiger partial charge in [-0.2, -0.15) is 0 Å². The van der Waals surface area contributed by atoms with Crippen molar-refractivity contribution in [2.75, 3.05) is 0 Å². The Kier molecular flexibility index (Phi) is 2.08. The van der Waals surface area contributed by atoms with Crippen LogP contribution in [0.4, 0.5) is 4.39 Å². The zero-order valence-electron chi connectivity index (χ0n) is 7.14. The highest BCUT2D eigenvalue weighted by atomic mass is 79.9. The first-order valence-corrected chi connectivity index (χ1v) is 4.81. The molecule has 2 rings (SSSR count). The molecule has 2 aromatic rings. The molecule has 13 heavy (non-hydrogen) atoms. The fraction of sp³-hybridized carbons (Fsp3) is 0.0909. The van der Waals surface area contributed by atoms with Gasteiger partial charge in [0.25, 0.3) is 0 Å². The maximum absolute atomic E-state index is 13.1. The van der Waals surface area contributed by atoms with Gasteiger partial charge in [-0.15, -0.1) is 0 Å². The Hall–Kier alpha value is -0.890. The van der Waals surface area contributed by atoms with E-state index in [1.165, 1.54) is 5.56 Å². The van der Waals surface area contributed by atoms with E-state index >= 15 is 0 Å². The highest BCUT2D eigenvalue weighted by Crippen LogP contribution is 2.23. The summed E-state index contributed by atoms with van der Waals surface area (Å²) in [6.45, 7) is 2.02. The molecule has 0 aliphatic rings. The Morgan fingerprint density at radius 2 is 1.85 bits per heavy atom. The molecule has 2 heteroatoms. The van der Waals surface area contributed by atoms with E-state index in [1.54, 1.807) is 12.1 Å². The van der Waals surface area contributed by atoms with E-state index in [0.29, 0.717) is 4.47 Å². The van der Waals surface area contributed by atoms with E-state index in [4.69, 9.17) is 0 Å². The van der Waals surface area contributed by atoms with Crippen molar-refractivity contribution in [3.8, 4) is 0 Å². The molecule has 0 heterocycles. The maximum Gasteiger partial charge on any atom is 0.138 e. The van der Waals surface area contributed by atoms with Crippen LogP contribution in [0.25, 0.3) is 10.8 Å². The molecule has 0 fully saturated rings. The average Bonchev–Trinajstić information content (AvgIpc) is 2.08. The molecule has 0 amide bonds. The number of hydrogen-bond donors (Lipinski definition) is 0. The predicted molar refractivity (Wildman–Crippen MR) is 56.3 cm³/mol. The second-order valence-electron chi connectivity index (χ2n) is 3.12. The van der Waals surface area contributed by atoms with Crippen LogP contribution < -0.4 is 0 Å². The molecule has 2 aromatic carbocycles. The summed E-state index contributed by atoms with van der Waals surface area (Å²) in [6.07, 6.45) is 0. The molecule has 0 saturated heterocycles. The molecule has 0 aliphatic heterocycles. The van der Waals surface area contributed by atoms with Crippen LogP contribution in [0.2, 0.25) is 0 Å². The topological polar surface area (TPSA) is 0 Å². The van der Waals surface area contributed by atoms with Crippen LogP contribution in [-0.4, -0.2) is 0 Å². The Morgan fingerprint density at radius 3 is 2.62 bits per heavy atom. The predicted octanol–water partition coefficient (Wildman–Crippen LogP) is 4.05. The summed E-state index contributed by atoms with van der Waals surface area (Å²) in [7, 11) is 0. The third-order valence-corrected chi connectivity index (χ3v) is 2.64. The van der Waals surface area contributed by atoms with Gasteiger partial charge in [0.15, 0.2) is 0 Å². The first-order valence-electron chi connectivity index (χ1n) is 4.02. The number of hydrogen-bond acceptors (Lipinski definition) is 0. The minimum absolute atomic E-state index is 0.212. The van der Waals surface area contributed by atoms with Gasteiger partial charge < -0.3 is 0 Å². The zero-order valence-corrected chi connectivity index (χ0v) is 8.73. The first kappa shape index (κ1) is 8.70. The third kappa shape index (κ3) is 1.59. The van der Waals surface area contributed by atoms with E-state index in [1.807, 2.05) is 25.1 Å². The minimum Gasteiger partial charge on any atom is -0.206 e. The number of fused-ring (bicyclic) bond motifs is 1. The van der Waals surface area contributed by atoms with E-state index in [0.717, 1.165) is 10.8 Å². The van der Waals surface area contributed by atoms with Crippen molar-refractivity contribution in [2.45, 2.75) is 6.92 Å². The van der Waals surface area contributed by atoms with Crippen LogP contribution in [0.3, 0.4) is 0 Å². The van der Waals surface area contributed by atoms with E-state index < -0.39 is 0 Å². The number of aryl methyl sites for hydroxylation is 1. The lowest BCUT2D eigenvalue weighted by molar-refractivity contribution is 0.623. The normalized spacial score (nSPS) is 10.7. The van der Waals surface area contributed by atoms with Crippen molar-refractivity contribution in [3.05, 3.63) is 46.2 Å². The maximum atomic E-state index is 13.1. The molecule has 66 valence electrons. The smallest absolute Gasteiger partial charge is 0.138 e. The molecular weight excluding hydrogens is 231 g/mol. The summed E-state index contributed by atoms with van der Waals surface area (Å²) in [5.74, 6) is -0.212. The lowest BCUT2D eigenvalue weighted by Gasteiger charge is -2.01. The second-order valence-corrected chi connectivity index (χ2v) is 3.97. The van der Waals surface area contributed by atoms with Crippen LogP contribution in [0.15, 0.2) is 34.8 Å². The van der Waals surface area contributed by atoms with Gasteiger partial charge in [0.1, 0.15) is 5.82 Å². The van der Waals surface area contributed by atoms with E-state index in [9.17, 15) is 4.39 Å². The summed E-state index contributed by atoms with van der Waals surface area (Å²) >= 11 is 3.17. The van der Waals surface area contributed by atoms with Crippen LogP contribution in [0, 0.1) is 12.7 Å². The first-order chi connectivity index (χ1) is 6.16. The van der Waals surface area contributed by atoms with Gasteiger partial charge in [-0.3, -0.25) is 0 Å². The summed E-state index contributed by atoms with van der Waals surface area (Å²) in [6, 6.07) is 9.30. The summed E-state index contributed by atoms with van der Waals surface area (Å²) in [5, 5.41) is 2.00. The highest BCUT2D eigenvalue weighted by Gasteiger charge is 2.01. The average molecular weight is 239 g/mol. The van der Waals surface area contributed by atoms with Gasteiger partial charge >= 0.3 is 0 Å². The van der Waals surface area contributed by atoms with Crippen molar-refractivity contribution < 1.29 is 4.39 Å². The van der Waals surface area contributed by atoms with Gasteiger partial charge in [-0.05, 0) is 45.8 Å². The van der Waals surface area contributed by atoms with Crippen molar-refractivity contribution in [1.29, 1.82) is 0 Å². The van der Waals surface area contributed by atoms with Crippen molar-refractivity contribution in [2.24, 2.45) is 0 Å². The molecule has 0 N–H and O–H groups in total. The fourth-order valence-corrected chi connectivity index (χ4v) is 1.72. The van der Waals surface area contributed by atoms with E-state index in [2.05, 4.69) is 15.9 Å². The van der Waals surface area contributed by atoms with Crippen LogP contribution >= 0.6 is 15.9 Å². The second kappa shape index (κ2) is 3.11. The molecular formula is C11H8BrF. The lowest BCUT2D eigenvalue weighted by Crippen LogP contribution is -1.80. The van der Waals surface area contributed by atoms with Gasteiger partial charge in [0.2, 0.25) is 0 Å². The molecule has 0 radical (unpaired) electrons. The van der Waals surface area contributed by atoms with Gasteiger partial charge in [0.05, 0.1) is 4.47 Å². The molecule has 0 bridgehead atoms. The van der Waals surface area contributed by atoms with Crippen LogP contribution in [0.5, 0.6) is 0 Å². The zero-order chi connectivity index (χ0) is 9.42. The standard InChI is InChI=1S/C11H8BrF/c1-7-2-3-8-6-11(13)10(12)5-9(8)4-7/h2-6H,1H3. The number of rotatable bonds is 0. The summed E-state index contributed by atoms with van der Waals surface area (Å²) in [5.41, 5.74) is 1.19. The summed E-state index contributed by atoms with van der Waals surface area (Å²) in [4.78, 5) is 0. The van der Waals surface area contributed by atoms with Crippen LogP contribution in [0.1, 0.15) is 5.56 Å². The van der Waals surface area contributed by atoms with Gasteiger partial charge in [-0.1, -0.05) is 23.8 Å². The molecule has 0 nitrogen and oxygen atoms in total. The molecule has 0 spiro atoms. The Balaban J connectivity index is 2.81. The Bertz CT molecular complexity index is 463. The summed E-state index contributed by atoms with van der Waals surface area (Å²) < 4.78 is 13.6. The SMILES string of the molecule is Cc1ccc2cc(F)c(Br)cc2c1. The number of halogens is 2. The molecule has 0 aliphatic carbocycles. The molecule has 0 saturated carbocycles. The minimum atomic E-state index is -0.212. The van der Waals surface area contributed by atoms with Gasteiger partial charge in [-0.25, -0.2) is 4.39 Å². The Labute approximate surface area is 84.5 Å². The highest BCUT2D eigenvalue weighted by molar-refractivity contribution is 9.10. The van der Waals surface area contributed by atoms with E-state index in [-0.39, 0.29) is 5.82 Å².